The highest BCUT2D eigenvalue weighted by Crippen LogP contribution is 2.49. The average molecular weight is 323 g/mol. The maximum atomic E-state index is 6.39. The minimum Gasteiger partial charge on any atom is -0.487 e. The van der Waals surface area contributed by atoms with Gasteiger partial charge in [-0.15, -0.1) is 0 Å². The van der Waals surface area contributed by atoms with E-state index in [1.165, 1.54) is 48.9 Å². The molecule has 1 fully saturated rings. The van der Waals surface area contributed by atoms with Gasteiger partial charge >= 0.3 is 0 Å². The Morgan fingerprint density at radius 1 is 1.17 bits per heavy atom. The molecule has 1 aliphatic heterocycles. The van der Waals surface area contributed by atoms with E-state index in [0.29, 0.717) is 12.1 Å². The van der Waals surface area contributed by atoms with E-state index in [1.807, 2.05) is 0 Å². The number of nitrogens with one attached hydrogen (secondary N) is 1. The Morgan fingerprint density at radius 2 is 2.04 bits per heavy atom. The number of aromatic nitrogens is 2. The summed E-state index contributed by atoms with van der Waals surface area (Å²) in [5.74, 6) is 1.09. The third kappa shape index (κ3) is 2.20. The van der Waals surface area contributed by atoms with Crippen molar-refractivity contribution in [2.45, 2.75) is 62.6 Å². The van der Waals surface area contributed by atoms with Crippen LogP contribution in [-0.2, 0) is 13.5 Å². The van der Waals surface area contributed by atoms with Crippen molar-refractivity contribution >= 4 is 0 Å². The average Bonchev–Trinajstić information content (AvgIpc) is 2.96. The standard InChI is InChI=1S/C20H25N3O/c1-23-18-8-4-7-16(15(18)13-21-23)22-17-12-20(10-5-11-20)24-19-9-3-2-6-14(17)19/h2-3,6,9,13,16-17,22H,4-5,7-8,10-12H2,1H3/t16-,17+/m1/s1. The number of hydrogen-bond donors (Lipinski definition) is 1. The molecule has 2 atom stereocenters. The second-order valence-corrected chi connectivity index (χ2v) is 7.71. The third-order valence-corrected chi connectivity index (χ3v) is 6.24. The Bertz CT molecular complexity index is 762. The number of nitrogens with zero attached hydrogens (tertiary/aromatic N) is 2. The molecule has 4 nitrogen and oxygen atoms in total. The predicted molar refractivity (Wildman–Crippen MR) is 93.0 cm³/mol. The lowest BCUT2D eigenvalue weighted by atomic mass is 9.72. The molecule has 0 amide bonds. The fraction of sp³-hybridized carbons (Fsp3) is 0.550. The molecule has 1 N–H and O–H groups in total. The summed E-state index contributed by atoms with van der Waals surface area (Å²) in [4.78, 5) is 0. The molecule has 0 saturated heterocycles. The van der Waals surface area contributed by atoms with Gasteiger partial charge in [0, 0.05) is 42.4 Å². The van der Waals surface area contributed by atoms with Gasteiger partial charge in [0.25, 0.3) is 0 Å². The Labute approximate surface area is 143 Å². The SMILES string of the molecule is Cn1ncc2c1CCC[C@H]2N[C@H]1CC2(CCC2)Oc2ccccc21. The highest BCUT2D eigenvalue weighted by molar-refractivity contribution is 5.40. The number of hydrogen-bond acceptors (Lipinski definition) is 3. The van der Waals surface area contributed by atoms with Gasteiger partial charge in [0.1, 0.15) is 11.4 Å². The second kappa shape index (κ2) is 5.35. The topological polar surface area (TPSA) is 39.1 Å². The van der Waals surface area contributed by atoms with Gasteiger partial charge in [-0.2, -0.15) is 5.10 Å². The van der Waals surface area contributed by atoms with Gasteiger partial charge in [-0.05, 0) is 44.6 Å². The molecule has 1 saturated carbocycles. The molecule has 126 valence electrons. The molecule has 0 unspecified atom stereocenters. The van der Waals surface area contributed by atoms with Crippen LogP contribution in [0.1, 0.15) is 67.4 Å². The summed E-state index contributed by atoms with van der Waals surface area (Å²) in [5.41, 5.74) is 4.21. The Morgan fingerprint density at radius 3 is 2.88 bits per heavy atom. The quantitative estimate of drug-likeness (QED) is 0.913. The van der Waals surface area contributed by atoms with Crippen LogP contribution in [0, 0.1) is 0 Å². The summed E-state index contributed by atoms with van der Waals surface area (Å²) in [6.07, 6.45) is 10.4. The van der Waals surface area contributed by atoms with E-state index in [9.17, 15) is 0 Å². The Balaban J connectivity index is 1.46. The molecule has 24 heavy (non-hydrogen) atoms. The minimum absolute atomic E-state index is 0.0818. The lowest BCUT2D eigenvalue weighted by molar-refractivity contribution is -0.0382. The van der Waals surface area contributed by atoms with Crippen molar-refractivity contribution < 1.29 is 4.74 Å². The van der Waals surface area contributed by atoms with Crippen molar-refractivity contribution in [3.05, 3.63) is 47.3 Å². The van der Waals surface area contributed by atoms with Crippen molar-refractivity contribution in [2.24, 2.45) is 7.05 Å². The fourth-order valence-electron chi connectivity index (χ4n) is 4.77. The zero-order valence-corrected chi connectivity index (χ0v) is 14.3. The highest BCUT2D eigenvalue weighted by Gasteiger charge is 2.46. The summed E-state index contributed by atoms with van der Waals surface area (Å²) in [6.45, 7) is 0. The van der Waals surface area contributed by atoms with Crippen LogP contribution < -0.4 is 10.1 Å². The molecule has 1 aromatic carbocycles. The van der Waals surface area contributed by atoms with E-state index in [-0.39, 0.29) is 5.60 Å². The number of ether oxygens (including phenoxy) is 1. The molecule has 0 bridgehead atoms. The van der Waals surface area contributed by atoms with E-state index < -0.39 is 0 Å². The van der Waals surface area contributed by atoms with Crippen molar-refractivity contribution in [3.63, 3.8) is 0 Å². The van der Waals surface area contributed by atoms with Crippen LogP contribution in [0.5, 0.6) is 5.75 Å². The number of fused-ring (bicyclic) bond motifs is 2. The maximum Gasteiger partial charge on any atom is 0.124 e. The van der Waals surface area contributed by atoms with E-state index >= 15 is 0 Å². The van der Waals surface area contributed by atoms with Crippen molar-refractivity contribution in [2.75, 3.05) is 0 Å². The van der Waals surface area contributed by atoms with E-state index in [2.05, 4.69) is 52.6 Å². The van der Waals surface area contributed by atoms with Crippen LogP contribution in [-0.4, -0.2) is 15.4 Å². The maximum absolute atomic E-state index is 6.39. The zero-order chi connectivity index (χ0) is 16.1. The fourth-order valence-corrected chi connectivity index (χ4v) is 4.77. The number of aryl methyl sites for hydroxylation is 1. The van der Waals surface area contributed by atoms with Crippen LogP contribution in [0.15, 0.2) is 30.5 Å². The monoisotopic (exact) mass is 323 g/mol. The van der Waals surface area contributed by atoms with Crippen LogP contribution in [0.3, 0.4) is 0 Å². The molecular weight excluding hydrogens is 298 g/mol. The number of para-hydroxylation sites is 1. The normalized spacial score (nSPS) is 27.0. The molecule has 1 spiro atoms. The number of rotatable bonds is 2. The zero-order valence-electron chi connectivity index (χ0n) is 14.3. The van der Waals surface area contributed by atoms with Crippen molar-refractivity contribution in [1.29, 1.82) is 0 Å². The minimum atomic E-state index is 0.0818. The Hall–Kier alpha value is -1.81. The second-order valence-electron chi connectivity index (χ2n) is 7.71. The first-order valence-electron chi connectivity index (χ1n) is 9.29. The highest BCUT2D eigenvalue weighted by atomic mass is 16.5. The van der Waals surface area contributed by atoms with E-state index in [1.54, 1.807) is 0 Å². The van der Waals surface area contributed by atoms with Gasteiger partial charge in [0.15, 0.2) is 0 Å². The van der Waals surface area contributed by atoms with Crippen molar-refractivity contribution in [3.8, 4) is 5.75 Å². The van der Waals surface area contributed by atoms with Gasteiger partial charge < -0.3 is 10.1 Å². The predicted octanol–water partition coefficient (Wildman–Crippen LogP) is 3.83. The first-order chi connectivity index (χ1) is 11.7. The first-order valence-corrected chi connectivity index (χ1v) is 9.29. The van der Waals surface area contributed by atoms with Gasteiger partial charge in [0.2, 0.25) is 0 Å². The summed E-state index contributed by atoms with van der Waals surface area (Å²) in [7, 11) is 2.06. The summed E-state index contributed by atoms with van der Waals surface area (Å²) in [5, 5.41) is 8.47. The summed E-state index contributed by atoms with van der Waals surface area (Å²) >= 11 is 0. The lowest BCUT2D eigenvalue weighted by Gasteiger charge is -2.48. The van der Waals surface area contributed by atoms with Crippen LogP contribution in [0.2, 0.25) is 0 Å². The van der Waals surface area contributed by atoms with Crippen LogP contribution in [0.4, 0.5) is 0 Å². The van der Waals surface area contributed by atoms with E-state index in [0.717, 1.165) is 18.6 Å². The molecule has 4 heteroatoms. The molecule has 5 rings (SSSR count). The van der Waals surface area contributed by atoms with Crippen molar-refractivity contribution in [1.82, 2.24) is 15.1 Å². The van der Waals surface area contributed by atoms with Gasteiger partial charge in [-0.1, -0.05) is 18.2 Å². The number of benzene rings is 1. The third-order valence-electron chi connectivity index (χ3n) is 6.24. The van der Waals surface area contributed by atoms with Crippen LogP contribution in [0.25, 0.3) is 0 Å². The molecule has 2 aliphatic carbocycles. The molecule has 0 radical (unpaired) electrons. The molecule has 2 aromatic rings. The molecule has 2 heterocycles. The van der Waals surface area contributed by atoms with E-state index in [4.69, 9.17) is 4.74 Å². The first kappa shape index (κ1) is 14.5. The Kier molecular flexibility index (Phi) is 3.24. The van der Waals surface area contributed by atoms with Gasteiger partial charge in [0.05, 0.1) is 6.20 Å². The molecular formula is C20H25N3O. The molecule has 3 aliphatic rings. The lowest BCUT2D eigenvalue weighted by Crippen LogP contribution is -2.49. The molecule has 1 aromatic heterocycles. The van der Waals surface area contributed by atoms with Gasteiger partial charge in [-0.25, -0.2) is 0 Å². The largest absolute Gasteiger partial charge is 0.487 e. The summed E-state index contributed by atoms with van der Waals surface area (Å²) < 4.78 is 8.44. The smallest absolute Gasteiger partial charge is 0.124 e. The summed E-state index contributed by atoms with van der Waals surface area (Å²) in [6, 6.07) is 9.38. The van der Waals surface area contributed by atoms with Crippen LogP contribution >= 0.6 is 0 Å². The van der Waals surface area contributed by atoms with Gasteiger partial charge in [-0.3, -0.25) is 4.68 Å².